The Balaban J connectivity index is 1.95. The van der Waals surface area contributed by atoms with Crippen LogP contribution in [-0.2, 0) is 15.3 Å². The van der Waals surface area contributed by atoms with Crippen molar-refractivity contribution in [2.75, 3.05) is 19.9 Å². The number of rotatable bonds is 7. The monoisotopic (exact) mass is 279 g/mol. The second kappa shape index (κ2) is 6.44. The molecule has 1 atom stereocenters. The molecule has 1 aliphatic carbocycles. The fourth-order valence-corrected chi connectivity index (χ4v) is 3.73. The Morgan fingerprint density at radius 2 is 2.11 bits per heavy atom. The largest absolute Gasteiger partial charge is 0.468 e. The number of nitrogens with one attached hydrogen (secondary N) is 1. The van der Waals surface area contributed by atoms with Crippen LogP contribution in [0.4, 0.5) is 0 Å². The number of hydrogen-bond acceptors (Lipinski definition) is 4. The van der Waals surface area contributed by atoms with E-state index in [0.717, 1.165) is 24.3 Å². The zero-order chi connectivity index (χ0) is 13.7. The van der Waals surface area contributed by atoms with Crippen molar-refractivity contribution >= 4 is 17.7 Å². The molecule has 2 rings (SSSR count). The van der Waals surface area contributed by atoms with E-state index in [1.807, 2.05) is 25.2 Å². The van der Waals surface area contributed by atoms with Gasteiger partial charge in [-0.2, -0.15) is 11.8 Å². The lowest BCUT2D eigenvalue weighted by molar-refractivity contribution is -0.148. The molecular weight excluding hydrogens is 258 g/mol. The molecule has 1 unspecified atom stereocenters. The summed E-state index contributed by atoms with van der Waals surface area (Å²) >= 11 is 1.79. The molecule has 4 heteroatoms. The minimum atomic E-state index is -0.506. The summed E-state index contributed by atoms with van der Waals surface area (Å²) in [6, 6.07) is 10.3. The molecule has 1 fully saturated rings. The van der Waals surface area contributed by atoms with Gasteiger partial charge in [0.15, 0.2) is 0 Å². The molecule has 1 aromatic carbocycles. The zero-order valence-electron chi connectivity index (χ0n) is 11.5. The van der Waals surface area contributed by atoms with Crippen LogP contribution in [0.25, 0.3) is 0 Å². The first-order valence-corrected chi connectivity index (χ1v) is 7.77. The molecule has 0 aliphatic heterocycles. The first kappa shape index (κ1) is 14.4. The van der Waals surface area contributed by atoms with Gasteiger partial charge in [-0.25, -0.2) is 0 Å². The quantitative estimate of drug-likeness (QED) is 0.778. The molecule has 0 spiro atoms. The van der Waals surface area contributed by atoms with Crippen molar-refractivity contribution in [1.29, 1.82) is 0 Å². The number of carbonyl (C=O) groups excluding carboxylic acids is 1. The van der Waals surface area contributed by atoms with Crippen molar-refractivity contribution in [3.8, 4) is 0 Å². The van der Waals surface area contributed by atoms with Crippen LogP contribution in [0, 0.1) is 5.92 Å². The maximum Gasteiger partial charge on any atom is 0.327 e. The van der Waals surface area contributed by atoms with Gasteiger partial charge < -0.3 is 10.1 Å². The van der Waals surface area contributed by atoms with Crippen LogP contribution in [0.5, 0.6) is 0 Å². The Morgan fingerprint density at radius 3 is 2.63 bits per heavy atom. The van der Waals surface area contributed by atoms with E-state index in [1.165, 1.54) is 12.7 Å². The van der Waals surface area contributed by atoms with Gasteiger partial charge in [-0.15, -0.1) is 0 Å². The van der Waals surface area contributed by atoms with Crippen LogP contribution in [0.1, 0.15) is 18.4 Å². The van der Waals surface area contributed by atoms with E-state index in [0.29, 0.717) is 5.92 Å². The number of methoxy groups -OCH3 is 1. The molecule has 1 N–H and O–H groups in total. The topological polar surface area (TPSA) is 38.3 Å². The van der Waals surface area contributed by atoms with Gasteiger partial charge in [-0.3, -0.25) is 4.79 Å². The molecule has 3 nitrogen and oxygen atoms in total. The number of hydrogen-bond donors (Lipinski definition) is 1. The highest BCUT2D eigenvalue weighted by Crippen LogP contribution is 2.42. The van der Waals surface area contributed by atoms with E-state index in [-0.39, 0.29) is 5.97 Å². The van der Waals surface area contributed by atoms with Crippen LogP contribution in [0.15, 0.2) is 30.3 Å². The second-order valence-electron chi connectivity index (χ2n) is 4.97. The van der Waals surface area contributed by atoms with Crippen LogP contribution < -0.4 is 5.32 Å². The molecule has 104 valence electrons. The average molecular weight is 279 g/mol. The Kier molecular flexibility index (Phi) is 4.88. The minimum Gasteiger partial charge on any atom is -0.468 e. The van der Waals surface area contributed by atoms with Gasteiger partial charge in [-0.05, 0) is 31.4 Å². The Bertz CT molecular complexity index is 419. The molecule has 0 aromatic heterocycles. The van der Waals surface area contributed by atoms with E-state index in [4.69, 9.17) is 4.74 Å². The fourth-order valence-electron chi connectivity index (χ4n) is 2.38. The SMILES string of the molecule is CNC(CSCc1ccccc1)(C(=O)OC)C1CC1. The number of benzene rings is 1. The van der Waals surface area contributed by atoms with E-state index < -0.39 is 5.54 Å². The average Bonchev–Trinajstić information content (AvgIpc) is 3.29. The van der Waals surface area contributed by atoms with Crippen molar-refractivity contribution in [3.05, 3.63) is 35.9 Å². The Morgan fingerprint density at radius 1 is 1.42 bits per heavy atom. The molecule has 19 heavy (non-hydrogen) atoms. The Hall–Kier alpha value is -1.00. The number of thioether (sulfide) groups is 1. The summed E-state index contributed by atoms with van der Waals surface area (Å²) in [5.74, 6) is 1.98. The van der Waals surface area contributed by atoms with Crippen molar-refractivity contribution in [3.63, 3.8) is 0 Å². The molecule has 0 radical (unpaired) electrons. The minimum absolute atomic E-state index is 0.127. The predicted octanol–water partition coefficient (Wildman–Crippen LogP) is 2.46. The standard InChI is InChI=1S/C15H21NO2S/c1-16-15(13-8-9-13,14(17)18-2)11-19-10-12-6-4-3-5-7-12/h3-7,13,16H,8-11H2,1-2H3. The van der Waals surface area contributed by atoms with E-state index in [2.05, 4.69) is 17.4 Å². The van der Waals surface area contributed by atoms with Gasteiger partial charge >= 0.3 is 5.97 Å². The van der Waals surface area contributed by atoms with Crippen molar-refractivity contribution in [1.82, 2.24) is 5.32 Å². The summed E-state index contributed by atoms with van der Waals surface area (Å²) in [4.78, 5) is 12.1. The molecule has 0 heterocycles. The van der Waals surface area contributed by atoms with Gasteiger partial charge in [0.05, 0.1) is 7.11 Å². The highest BCUT2D eigenvalue weighted by Gasteiger charge is 2.50. The van der Waals surface area contributed by atoms with Gasteiger partial charge in [-0.1, -0.05) is 30.3 Å². The first-order valence-electron chi connectivity index (χ1n) is 6.62. The van der Waals surface area contributed by atoms with E-state index in [1.54, 1.807) is 11.8 Å². The lowest BCUT2D eigenvalue weighted by Crippen LogP contribution is -2.55. The van der Waals surface area contributed by atoms with Gasteiger partial charge in [0, 0.05) is 11.5 Å². The summed E-state index contributed by atoms with van der Waals surface area (Å²) in [6.07, 6.45) is 2.23. The third kappa shape index (κ3) is 3.31. The summed E-state index contributed by atoms with van der Waals surface area (Å²) in [5.41, 5.74) is 0.784. The normalized spacial score (nSPS) is 17.8. The lowest BCUT2D eigenvalue weighted by atomic mass is 9.96. The maximum absolute atomic E-state index is 12.1. The van der Waals surface area contributed by atoms with Gasteiger partial charge in [0.25, 0.3) is 0 Å². The van der Waals surface area contributed by atoms with Crippen LogP contribution in [0.3, 0.4) is 0 Å². The summed E-state index contributed by atoms with van der Waals surface area (Å²) in [5, 5.41) is 3.22. The predicted molar refractivity (Wildman–Crippen MR) is 79.1 cm³/mol. The summed E-state index contributed by atoms with van der Waals surface area (Å²) in [6.45, 7) is 0. The number of carbonyl (C=O) groups is 1. The van der Waals surface area contributed by atoms with E-state index >= 15 is 0 Å². The van der Waals surface area contributed by atoms with Crippen LogP contribution >= 0.6 is 11.8 Å². The highest BCUT2D eigenvalue weighted by atomic mass is 32.2. The molecule has 1 saturated carbocycles. The molecule has 0 amide bonds. The molecular formula is C15H21NO2S. The van der Waals surface area contributed by atoms with Crippen molar-refractivity contribution in [2.45, 2.75) is 24.1 Å². The van der Waals surface area contributed by atoms with Gasteiger partial charge in [0.2, 0.25) is 0 Å². The van der Waals surface area contributed by atoms with Crippen LogP contribution in [0.2, 0.25) is 0 Å². The lowest BCUT2D eigenvalue weighted by Gasteiger charge is -2.30. The zero-order valence-corrected chi connectivity index (χ0v) is 12.3. The van der Waals surface area contributed by atoms with Gasteiger partial charge in [0.1, 0.15) is 5.54 Å². The Labute approximate surface area is 119 Å². The van der Waals surface area contributed by atoms with Crippen molar-refractivity contribution < 1.29 is 9.53 Å². The number of ether oxygens (including phenoxy) is 1. The maximum atomic E-state index is 12.1. The smallest absolute Gasteiger partial charge is 0.327 e. The van der Waals surface area contributed by atoms with Crippen molar-refractivity contribution in [2.24, 2.45) is 5.92 Å². The molecule has 0 bridgehead atoms. The molecule has 0 saturated heterocycles. The summed E-state index contributed by atoms with van der Waals surface area (Å²) < 4.78 is 5.00. The number of esters is 1. The molecule has 1 aromatic rings. The number of likely N-dealkylation sites (N-methyl/N-ethyl adjacent to an activating group) is 1. The first-order chi connectivity index (χ1) is 9.23. The van der Waals surface area contributed by atoms with Crippen LogP contribution in [-0.4, -0.2) is 31.4 Å². The highest BCUT2D eigenvalue weighted by molar-refractivity contribution is 7.98. The van der Waals surface area contributed by atoms with E-state index in [9.17, 15) is 4.79 Å². The third-order valence-electron chi connectivity index (χ3n) is 3.71. The fraction of sp³-hybridized carbons (Fsp3) is 0.533. The summed E-state index contributed by atoms with van der Waals surface area (Å²) in [7, 11) is 3.33. The molecule has 1 aliphatic rings. The third-order valence-corrected chi connectivity index (χ3v) is 4.91. The second-order valence-corrected chi connectivity index (χ2v) is 5.95.